The summed E-state index contributed by atoms with van der Waals surface area (Å²) in [7, 11) is 1.85. The number of aromatic nitrogens is 2. The molecule has 2 aromatic carbocycles. The highest BCUT2D eigenvalue weighted by molar-refractivity contribution is 6.37. The number of hydrogen-bond donors (Lipinski definition) is 1. The van der Waals surface area contributed by atoms with Crippen molar-refractivity contribution in [3.8, 4) is 5.75 Å². The van der Waals surface area contributed by atoms with Crippen LogP contribution in [0.15, 0.2) is 54.9 Å². The van der Waals surface area contributed by atoms with Gasteiger partial charge in [0.1, 0.15) is 11.9 Å². The maximum atomic E-state index is 12.7. The van der Waals surface area contributed by atoms with Gasteiger partial charge in [0.2, 0.25) is 0 Å². The van der Waals surface area contributed by atoms with Crippen molar-refractivity contribution in [1.82, 2.24) is 14.9 Å². The minimum Gasteiger partial charge on any atom is -0.481 e. The summed E-state index contributed by atoms with van der Waals surface area (Å²) in [5.41, 5.74) is 1.08. The van der Waals surface area contributed by atoms with Crippen molar-refractivity contribution in [2.75, 3.05) is 13.2 Å². The lowest BCUT2D eigenvalue weighted by Crippen LogP contribution is -2.34. The molecule has 1 heterocycles. The molecule has 0 saturated heterocycles. The predicted molar refractivity (Wildman–Crippen MR) is 118 cm³/mol. The maximum Gasteiger partial charge on any atom is 0.338 e. The van der Waals surface area contributed by atoms with E-state index in [0.717, 1.165) is 5.56 Å². The molecule has 1 N–H and O–H groups in total. The molecule has 0 bridgehead atoms. The molecule has 0 spiro atoms. The van der Waals surface area contributed by atoms with Crippen LogP contribution in [-0.2, 0) is 16.6 Å². The number of amides is 1. The number of nitrogens with one attached hydrogen (secondary N) is 1. The van der Waals surface area contributed by atoms with Crippen LogP contribution >= 0.6 is 23.2 Å². The number of esters is 1. The number of carbonyl (C=O) groups is 2. The van der Waals surface area contributed by atoms with E-state index in [1.807, 2.05) is 41.9 Å². The van der Waals surface area contributed by atoms with Gasteiger partial charge in [0, 0.05) is 19.4 Å². The number of carbonyl (C=O) groups excluding carboxylic acids is 2. The number of ether oxygens (including phenoxy) is 2. The second-order valence-electron chi connectivity index (χ2n) is 6.59. The molecule has 7 nitrogen and oxygen atoms in total. The molecule has 162 valence electrons. The molecule has 9 heteroatoms. The van der Waals surface area contributed by atoms with Crippen LogP contribution in [0.5, 0.6) is 5.75 Å². The van der Waals surface area contributed by atoms with Crippen LogP contribution in [0.4, 0.5) is 0 Å². The standard InChI is InChI=1S/C22H21Cl2N3O4/c1-3-30-22(29)15-11-16(23)20(17(24)12-15)31-13-18(28)26-19(14-7-5-4-6-8-14)21-25-9-10-27(21)2/h4-12,19H,3,13H2,1-2H3,(H,26,28)/t19-/m0/s1. The third-order valence-electron chi connectivity index (χ3n) is 4.41. The Balaban J connectivity index is 1.73. The molecule has 3 aromatic rings. The smallest absolute Gasteiger partial charge is 0.338 e. The van der Waals surface area contributed by atoms with Crippen molar-refractivity contribution in [1.29, 1.82) is 0 Å². The number of benzene rings is 2. The summed E-state index contributed by atoms with van der Waals surface area (Å²) in [6.45, 7) is 1.60. The van der Waals surface area contributed by atoms with Gasteiger partial charge >= 0.3 is 5.97 Å². The van der Waals surface area contributed by atoms with Crippen LogP contribution in [0.3, 0.4) is 0 Å². The summed E-state index contributed by atoms with van der Waals surface area (Å²) in [6, 6.07) is 11.8. The molecule has 0 fully saturated rings. The summed E-state index contributed by atoms with van der Waals surface area (Å²) in [5, 5.41) is 3.13. The average Bonchev–Trinajstić information content (AvgIpc) is 3.17. The largest absolute Gasteiger partial charge is 0.481 e. The maximum absolute atomic E-state index is 12.7. The highest BCUT2D eigenvalue weighted by atomic mass is 35.5. The Hall–Kier alpha value is -3.03. The number of halogens is 2. The Morgan fingerprint density at radius 2 is 1.84 bits per heavy atom. The summed E-state index contributed by atoms with van der Waals surface area (Å²) in [4.78, 5) is 28.9. The number of nitrogens with zero attached hydrogens (tertiary/aromatic N) is 2. The van der Waals surface area contributed by atoms with E-state index in [0.29, 0.717) is 5.82 Å². The van der Waals surface area contributed by atoms with Crippen LogP contribution in [-0.4, -0.2) is 34.6 Å². The van der Waals surface area contributed by atoms with Crippen LogP contribution < -0.4 is 10.1 Å². The van der Waals surface area contributed by atoms with E-state index in [4.69, 9.17) is 32.7 Å². The van der Waals surface area contributed by atoms with Gasteiger partial charge in [-0.05, 0) is 24.6 Å². The van der Waals surface area contributed by atoms with Crippen molar-refractivity contribution in [3.05, 3.63) is 81.9 Å². The third kappa shape index (κ3) is 5.57. The molecule has 0 aliphatic heterocycles. The highest BCUT2D eigenvalue weighted by Gasteiger charge is 2.22. The lowest BCUT2D eigenvalue weighted by atomic mass is 10.1. The first kappa shape index (κ1) is 22.7. The van der Waals surface area contributed by atoms with Crippen LogP contribution in [0.1, 0.15) is 34.7 Å². The number of aryl methyl sites for hydroxylation is 1. The molecule has 3 rings (SSSR count). The van der Waals surface area contributed by atoms with Gasteiger partial charge in [0.25, 0.3) is 5.91 Å². The Morgan fingerprint density at radius 1 is 1.16 bits per heavy atom. The van der Waals surface area contributed by atoms with Crippen molar-refractivity contribution < 1.29 is 19.1 Å². The molecule has 1 atom stereocenters. The first-order chi connectivity index (χ1) is 14.9. The van der Waals surface area contributed by atoms with E-state index in [1.165, 1.54) is 12.1 Å². The van der Waals surface area contributed by atoms with Gasteiger partial charge in [-0.15, -0.1) is 0 Å². The zero-order valence-electron chi connectivity index (χ0n) is 17.0. The highest BCUT2D eigenvalue weighted by Crippen LogP contribution is 2.34. The fraction of sp³-hybridized carbons (Fsp3) is 0.227. The normalized spacial score (nSPS) is 11.6. The Morgan fingerprint density at radius 3 is 2.42 bits per heavy atom. The van der Waals surface area contributed by atoms with Crippen LogP contribution in [0.2, 0.25) is 10.0 Å². The van der Waals surface area contributed by atoms with E-state index in [2.05, 4.69) is 10.3 Å². The lowest BCUT2D eigenvalue weighted by Gasteiger charge is -2.19. The van der Waals surface area contributed by atoms with Crippen molar-refractivity contribution >= 4 is 35.1 Å². The fourth-order valence-corrected chi connectivity index (χ4v) is 3.56. The molecule has 0 unspecified atom stereocenters. The summed E-state index contributed by atoms with van der Waals surface area (Å²) >= 11 is 12.4. The molecule has 0 aliphatic rings. The molecule has 1 amide bonds. The first-order valence-electron chi connectivity index (χ1n) is 9.51. The van der Waals surface area contributed by atoms with Crippen LogP contribution in [0, 0.1) is 0 Å². The predicted octanol–water partition coefficient (Wildman–Crippen LogP) is 4.19. The quantitative estimate of drug-likeness (QED) is 0.508. The van der Waals surface area contributed by atoms with Gasteiger partial charge in [0.05, 0.1) is 22.2 Å². The summed E-state index contributed by atoms with van der Waals surface area (Å²) in [6.07, 6.45) is 3.47. The zero-order chi connectivity index (χ0) is 22.4. The summed E-state index contributed by atoms with van der Waals surface area (Å²) < 4.78 is 12.3. The number of rotatable bonds is 8. The number of imidazole rings is 1. The SMILES string of the molecule is CCOC(=O)c1cc(Cl)c(OCC(=O)N[C@@H](c2ccccc2)c2nccn2C)c(Cl)c1. The topological polar surface area (TPSA) is 82.4 Å². The second kappa shape index (κ2) is 10.3. The molecule has 0 saturated carbocycles. The fourth-order valence-electron chi connectivity index (χ4n) is 2.97. The lowest BCUT2D eigenvalue weighted by molar-refractivity contribution is -0.123. The van der Waals surface area contributed by atoms with E-state index >= 15 is 0 Å². The minimum atomic E-state index is -0.545. The molecular formula is C22H21Cl2N3O4. The van der Waals surface area contributed by atoms with E-state index in [9.17, 15) is 9.59 Å². The Kier molecular flexibility index (Phi) is 7.55. The average molecular weight is 462 g/mol. The van der Waals surface area contributed by atoms with Crippen molar-refractivity contribution in [3.63, 3.8) is 0 Å². The van der Waals surface area contributed by atoms with Gasteiger partial charge in [-0.1, -0.05) is 53.5 Å². The first-order valence-corrected chi connectivity index (χ1v) is 10.3. The molecule has 0 aliphatic carbocycles. The Labute approximate surface area is 189 Å². The van der Waals surface area contributed by atoms with Gasteiger partial charge in [-0.2, -0.15) is 0 Å². The number of hydrogen-bond acceptors (Lipinski definition) is 5. The molecule has 31 heavy (non-hydrogen) atoms. The van der Waals surface area contributed by atoms with E-state index in [-0.39, 0.29) is 34.6 Å². The minimum absolute atomic E-state index is 0.104. The third-order valence-corrected chi connectivity index (χ3v) is 4.97. The van der Waals surface area contributed by atoms with Crippen molar-refractivity contribution in [2.24, 2.45) is 7.05 Å². The summed E-state index contributed by atoms with van der Waals surface area (Å²) in [5.74, 6) is -0.149. The zero-order valence-corrected chi connectivity index (χ0v) is 18.5. The monoisotopic (exact) mass is 461 g/mol. The van der Waals surface area contributed by atoms with Gasteiger partial charge in [-0.3, -0.25) is 4.79 Å². The van der Waals surface area contributed by atoms with Gasteiger partial charge in [0.15, 0.2) is 12.4 Å². The van der Waals surface area contributed by atoms with E-state index < -0.39 is 17.9 Å². The molecule has 1 aromatic heterocycles. The van der Waals surface area contributed by atoms with Gasteiger partial charge in [-0.25, -0.2) is 9.78 Å². The Bertz CT molecular complexity index is 1050. The van der Waals surface area contributed by atoms with E-state index in [1.54, 1.807) is 19.3 Å². The van der Waals surface area contributed by atoms with Crippen molar-refractivity contribution in [2.45, 2.75) is 13.0 Å². The molecule has 0 radical (unpaired) electrons. The second-order valence-corrected chi connectivity index (χ2v) is 7.40. The van der Waals surface area contributed by atoms with Crippen LogP contribution in [0.25, 0.3) is 0 Å². The molecular weight excluding hydrogens is 441 g/mol. The van der Waals surface area contributed by atoms with Gasteiger partial charge < -0.3 is 19.4 Å².